The van der Waals surface area contributed by atoms with Gasteiger partial charge in [0.15, 0.2) is 0 Å². The lowest BCUT2D eigenvalue weighted by molar-refractivity contribution is 0.124. The molecule has 0 spiro atoms. The van der Waals surface area contributed by atoms with E-state index in [1.165, 1.54) is 89.9 Å². The van der Waals surface area contributed by atoms with E-state index in [1.807, 2.05) is 0 Å². The molecule has 0 aromatic carbocycles. The zero-order valence-corrected chi connectivity index (χ0v) is 16.6. The summed E-state index contributed by atoms with van der Waals surface area (Å²) in [6.07, 6.45) is 21.1. The van der Waals surface area contributed by atoms with E-state index in [9.17, 15) is 4.57 Å². The maximum Gasteiger partial charge on any atom is 0.486 e. The predicted molar refractivity (Wildman–Crippen MR) is 101 cm³/mol. The molecule has 24 heavy (non-hydrogen) atoms. The Balaban J connectivity index is 3.02. The van der Waals surface area contributed by atoms with Crippen LogP contribution in [0.5, 0.6) is 0 Å². The van der Waals surface area contributed by atoms with E-state index in [-0.39, 0.29) is 0 Å². The highest BCUT2D eigenvalue weighted by Gasteiger charge is 2.12. The number of rotatable bonds is 19. The normalized spacial score (nSPS) is 12.0. The van der Waals surface area contributed by atoms with Crippen molar-refractivity contribution in [2.24, 2.45) is 0 Å². The van der Waals surface area contributed by atoms with E-state index < -0.39 is 7.82 Å². The Morgan fingerprint density at radius 1 is 0.667 bits per heavy atom. The smallest absolute Gasteiger partial charge is 0.302 e. The number of nitrogens with one attached hydrogen (secondary N) is 1. The molecule has 6 heteroatoms. The zero-order valence-electron chi connectivity index (χ0n) is 15.7. The van der Waals surface area contributed by atoms with Crippen LogP contribution in [0.2, 0.25) is 0 Å². The van der Waals surface area contributed by atoms with Crippen molar-refractivity contribution in [3.63, 3.8) is 0 Å². The van der Waals surface area contributed by atoms with Crippen molar-refractivity contribution < 1.29 is 19.0 Å². The molecule has 0 aromatic rings. The van der Waals surface area contributed by atoms with E-state index in [4.69, 9.17) is 9.79 Å². The summed E-state index contributed by atoms with van der Waals surface area (Å²) in [6.45, 7) is 2.76. The first-order chi connectivity index (χ1) is 11.6. The molecule has 0 saturated carbocycles. The Hall–Kier alpha value is 0.0700. The average molecular weight is 365 g/mol. The fraction of sp³-hybridized carbons (Fsp3) is 1.00. The second-order valence-corrected chi connectivity index (χ2v) is 7.94. The van der Waals surface area contributed by atoms with Crippen molar-refractivity contribution in [2.45, 2.75) is 110 Å². The van der Waals surface area contributed by atoms with Gasteiger partial charge in [-0.3, -0.25) is 0 Å². The third kappa shape index (κ3) is 22.1. The standard InChI is InChI=1S/C18H40NO4P/c1-2-3-4-5-6-7-8-9-10-11-12-13-14-15-16-17-18-19-23-24(20,21)22/h19H,2-18H2,1H3,(H2,20,21,22). The molecule has 0 aliphatic heterocycles. The van der Waals surface area contributed by atoms with Crippen LogP contribution >= 0.6 is 7.82 Å². The van der Waals surface area contributed by atoms with Gasteiger partial charge in [-0.05, 0) is 6.42 Å². The van der Waals surface area contributed by atoms with Gasteiger partial charge in [-0.1, -0.05) is 103 Å². The molecule has 0 aliphatic carbocycles. The molecule has 0 unspecified atom stereocenters. The summed E-state index contributed by atoms with van der Waals surface area (Å²) in [7, 11) is -4.37. The maximum absolute atomic E-state index is 10.4. The second kappa shape index (κ2) is 17.9. The van der Waals surface area contributed by atoms with Crippen LogP contribution < -0.4 is 5.48 Å². The molecular formula is C18H40NO4P. The molecule has 0 radical (unpaired) electrons. The molecule has 0 fully saturated rings. The van der Waals surface area contributed by atoms with Gasteiger partial charge in [-0.15, -0.1) is 0 Å². The Labute approximate surface area is 149 Å². The van der Waals surface area contributed by atoms with Crippen LogP contribution in [-0.2, 0) is 9.19 Å². The maximum atomic E-state index is 10.4. The molecule has 146 valence electrons. The van der Waals surface area contributed by atoms with Crippen molar-refractivity contribution in [1.29, 1.82) is 0 Å². The highest BCUT2D eigenvalue weighted by Crippen LogP contribution is 2.33. The molecule has 3 N–H and O–H groups in total. The van der Waals surface area contributed by atoms with Crippen molar-refractivity contribution in [2.75, 3.05) is 6.54 Å². The van der Waals surface area contributed by atoms with Crippen LogP contribution in [0, 0.1) is 0 Å². The Morgan fingerprint density at radius 2 is 1.00 bits per heavy atom. The van der Waals surface area contributed by atoms with Crippen molar-refractivity contribution in [1.82, 2.24) is 5.48 Å². The fourth-order valence-corrected chi connectivity index (χ4v) is 3.13. The second-order valence-electron chi connectivity index (χ2n) is 6.78. The number of hydrogen-bond donors (Lipinski definition) is 3. The van der Waals surface area contributed by atoms with Gasteiger partial charge < -0.3 is 9.79 Å². The van der Waals surface area contributed by atoms with E-state index in [1.54, 1.807) is 0 Å². The van der Waals surface area contributed by atoms with Gasteiger partial charge >= 0.3 is 7.82 Å². The summed E-state index contributed by atoms with van der Waals surface area (Å²) in [5.41, 5.74) is 2.31. The van der Waals surface area contributed by atoms with Gasteiger partial charge in [0, 0.05) is 6.54 Å². The SMILES string of the molecule is CCCCCCCCCCCCCCCCCCNOP(=O)(O)O. The third-order valence-corrected chi connectivity index (χ3v) is 4.68. The van der Waals surface area contributed by atoms with E-state index in [0.29, 0.717) is 6.54 Å². The van der Waals surface area contributed by atoms with Crippen LogP contribution in [0.3, 0.4) is 0 Å². The molecule has 5 nitrogen and oxygen atoms in total. The quantitative estimate of drug-likeness (QED) is 0.152. The number of unbranched alkanes of at least 4 members (excludes halogenated alkanes) is 15. The van der Waals surface area contributed by atoms with Gasteiger partial charge in [0.2, 0.25) is 0 Å². The molecule has 0 rings (SSSR count). The monoisotopic (exact) mass is 365 g/mol. The minimum Gasteiger partial charge on any atom is -0.302 e. The van der Waals surface area contributed by atoms with Crippen LogP contribution in [0.1, 0.15) is 110 Å². The van der Waals surface area contributed by atoms with Gasteiger partial charge in [-0.25, -0.2) is 4.57 Å². The topological polar surface area (TPSA) is 78.8 Å². The van der Waals surface area contributed by atoms with Gasteiger partial charge in [0.05, 0.1) is 0 Å². The van der Waals surface area contributed by atoms with Crippen LogP contribution in [0.4, 0.5) is 0 Å². The number of hydroxylamine groups is 1. The predicted octanol–water partition coefficient (Wildman–Crippen LogP) is 5.86. The molecule has 0 bridgehead atoms. The van der Waals surface area contributed by atoms with Gasteiger partial charge in [0.1, 0.15) is 0 Å². The number of hydrogen-bond acceptors (Lipinski definition) is 3. The highest BCUT2D eigenvalue weighted by molar-refractivity contribution is 7.46. The van der Waals surface area contributed by atoms with Crippen LogP contribution in [0.25, 0.3) is 0 Å². The summed E-state index contributed by atoms with van der Waals surface area (Å²) in [6, 6.07) is 0. The zero-order chi connectivity index (χ0) is 17.9. The van der Waals surface area contributed by atoms with Crippen molar-refractivity contribution in [3.8, 4) is 0 Å². The number of phosphoric acid groups is 1. The molecule has 0 aliphatic rings. The molecule has 0 saturated heterocycles. The lowest BCUT2D eigenvalue weighted by atomic mass is 10.0. The average Bonchev–Trinajstić information content (AvgIpc) is 2.52. The summed E-state index contributed by atoms with van der Waals surface area (Å²) in [4.78, 5) is 17.0. The lowest BCUT2D eigenvalue weighted by Gasteiger charge is -2.06. The molecular weight excluding hydrogens is 325 g/mol. The Bertz CT molecular complexity index is 297. The first-order valence-electron chi connectivity index (χ1n) is 10.0. The van der Waals surface area contributed by atoms with Crippen molar-refractivity contribution >= 4 is 7.82 Å². The molecule has 0 heterocycles. The first-order valence-corrected chi connectivity index (χ1v) is 11.6. The third-order valence-electron chi connectivity index (χ3n) is 4.32. The van der Waals surface area contributed by atoms with Gasteiger partial charge in [0.25, 0.3) is 0 Å². The largest absolute Gasteiger partial charge is 0.486 e. The lowest BCUT2D eigenvalue weighted by Crippen LogP contribution is -2.14. The van der Waals surface area contributed by atoms with E-state index >= 15 is 0 Å². The van der Waals surface area contributed by atoms with Crippen LogP contribution in [-0.4, -0.2) is 16.3 Å². The van der Waals surface area contributed by atoms with E-state index in [2.05, 4.69) is 17.0 Å². The molecule has 0 aromatic heterocycles. The van der Waals surface area contributed by atoms with Crippen molar-refractivity contribution in [3.05, 3.63) is 0 Å². The molecule has 0 amide bonds. The summed E-state index contributed by atoms with van der Waals surface area (Å²) < 4.78 is 14.6. The summed E-state index contributed by atoms with van der Waals surface area (Å²) in [5.74, 6) is 0. The summed E-state index contributed by atoms with van der Waals surface area (Å²) >= 11 is 0. The van der Waals surface area contributed by atoms with E-state index in [0.717, 1.165) is 12.8 Å². The summed E-state index contributed by atoms with van der Waals surface area (Å²) in [5, 5.41) is 0. The fourth-order valence-electron chi connectivity index (χ4n) is 2.87. The highest BCUT2D eigenvalue weighted by atomic mass is 31.2. The van der Waals surface area contributed by atoms with Crippen LogP contribution in [0.15, 0.2) is 0 Å². The minimum absolute atomic E-state index is 0.490. The Kier molecular flexibility index (Phi) is 17.9. The Morgan fingerprint density at radius 3 is 1.33 bits per heavy atom. The first kappa shape index (κ1) is 24.1. The minimum atomic E-state index is -4.37. The molecule has 0 atom stereocenters. The van der Waals surface area contributed by atoms with Gasteiger partial charge in [-0.2, -0.15) is 10.1 Å².